The third-order valence-electron chi connectivity index (χ3n) is 7.82. The Morgan fingerprint density at radius 3 is 2.71 bits per heavy atom. The summed E-state index contributed by atoms with van der Waals surface area (Å²) in [5, 5.41) is 10.5. The molecule has 0 saturated heterocycles. The van der Waals surface area contributed by atoms with E-state index in [1.165, 1.54) is 11.1 Å². The van der Waals surface area contributed by atoms with Crippen LogP contribution in [0.1, 0.15) is 52.4 Å². The fourth-order valence-electron chi connectivity index (χ4n) is 5.96. The molecular formula is C21H27NO2. The predicted octanol–water partition coefficient (Wildman–Crippen LogP) is 2.74. The molecule has 0 spiro atoms. The molecule has 2 unspecified atom stereocenters. The van der Waals surface area contributed by atoms with E-state index < -0.39 is 5.60 Å². The van der Waals surface area contributed by atoms with Crippen molar-refractivity contribution in [2.24, 2.45) is 28.4 Å². The highest BCUT2D eigenvalue weighted by molar-refractivity contribution is 5.88. The first kappa shape index (κ1) is 16.1. The zero-order chi connectivity index (χ0) is 17.3. The summed E-state index contributed by atoms with van der Waals surface area (Å²) >= 11 is 0. The van der Waals surface area contributed by atoms with Crippen molar-refractivity contribution >= 4 is 5.78 Å². The fraction of sp³-hybridized carbons (Fsp3) is 0.667. The SMILES string of the molecule is C#CC1(O)CC[C@@]2(C)C(=CC=C3[C@H]2CC[C@]2(C)C(N)C(=O)C[C@@H]32)C1. The van der Waals surface area contributed by atoms with Crippen molar-refractivity contribution in [1.29, 1.82) is 0 Å². The van der Waals surface area contributed by atoms with Gasteiger partial charge in [0.05, 0.1) is 6.04 Å². The molecule has 3 nitrogen and oxygen atoms in total. The number of hydrogen-bond acceptors (Lipinski definition) is 3. The van der Waals surface area contributed by atoms with E-state index in [0.717, 1.165) is 19.3 Å². The minimum Gasteiger partial charge on any atom is -0.377 e. The van der Waals surface area contributed by atoms with Gasteiger partial charge >= 0.3 is 0 Å². The second-order valence-electron chi connectivity index (χ2n) is 8.93. The van der Waals surface area contributed by atoms with Crippen LogP contribution in [-0.2, 0) is 4.79 Å². The number of fused-ring (bicyclic) bond motifs is 5. The van der Waals surface area contributed by atoms with E-state index >= 15 is 0 Å². The molecule has 4 aliphatic carbocycles. The van der Waals surface area contributed by atoms with Gasteiger partial charge in [0, 0.05) is 12.8 Å². The molecule has 0 aromatic carbocycles. The number of allylic oxidation sites excluding steroid dienone is 3. The lowest BCUT2D eigenvalue weighted by atomic mass is 9.50. The van der Waals surface area contributed by atoms with Gasteiger partial charge in [-0.3, -0.25) is 4.79 Å². The van der Waals surface area contributed by atoms with E-state index in [4.69, 9.17) is 12.2 Å². The van der Waals surface area contributed by atoms with Gasteiger partial charge < -0.3 is 10.8 Å². The highest BCUT2D eigenvalue weighted by Crippen LogP contribution is 2.63. The van der Waals surface area contributed by atoms with Crippen LogP contribution in [0.5, 0.6) is 0 Å². The number of aliphatic hydroxyl groups is 1. The third kappa shape index (κ3) is 1.90. The number of carbonyl (C=O) groups excluding carboxylic acids is 1. The summed E-state index contributed by atoms with van der Waals surface area (Å²) in [5.74, 6) is 3.54. The molecule has 0 heterocycles. The first-order chi connectivity index (χ1) is 11.2. The summed E-state index contributed by atoms with van der Waals surface area (Å²) in [6.07, 6.45) is 14.8. The molecule has 0 aromatic heterocycles. The maximum absolute atomic E-state index is 12.3. The Morgan fingerprint density at radius 1 is 1.25 bits per heavy atom. The molecular weight excluding hydrogens is 298 g/mol. The highest BCUT2D eigenvalue weighted by Gasteiger charge is 2.58. The topological polar surface area (TPSA) is 63.3 Å². The maximum Gasteiger partial charge on any atom is 0.150 e. The van der Waals surface area contributed by atoms with Crippen LogP contribution >= 0.6 is 0 Å². The largest absolute Gasteiger partial charge is 0.377 e. The summed E-state index contributed by atoms with van der Waals surface area (Å²) in [6.45, 7) is 4.52. The monoisotopic (exact) mass is 325 g/mol. The average molecular weight is 325 g/mol. The molecule has 0 amide bonds. The Labute approximate surface area is 144 Å². The standard InChI is InChI=1S/C21H27NO2/c1-4-21(24)10-9-19(2)13(12-21)5-6-14-15(19)7-8-20(3)16(14)11-17(23)18(20)22/h1,5-6,15-16,18,24H,7-12,22H2,2-3H3/t15-,16+,18?,19+,20+,21?/m1/s1. The molecule has 128 valence electrons. The van der Waals surface area contributed by atoms with Crippen LogP contribution in [0.25, 0.3) is 0 Å². The summed E-state index contributed by atoms with van der Waals surface area (Å²) < 4.78 is 0. The zero-order valence-electron chi connectivity index (χ0n) is 14.6. The summed E-state index contributed by atoms with van der Waals surface area (Å²) in [7, 11) is 0. The van der Waals surface area contributed by atoms with Gasteiger partial charge in [0.1, 0.15) is 5.60 Å². The van der Waals surface area contributed by atoms with E-state index in [9.17, 15) is 9.90 Å². The number of Topliss-reactive ketones (excluding diaryl/α,β-unsaturated/α-hetero) is 1. The molecule has 0 bridgehead atoms. The lowest BCUT2D eigenvalue weighted by Gasteiger charge is -2.55. The maximum atomic E-state index is 12.3. The zero-order valence-corrected chi connectivity index (χ0v) is 14.6. The van der Waals surface area contributed by atoms with Crippen molar-refractivity contribution in [2.75, 3.05) is 0 Å². The van der Waals surface area contributed by atoms with Gasteiger partial charge in [0.15, 0.2) is 5.78 Å². The van der Waals surface area contributed by atoms with E-state index in [1.807, 2.05) is 0 Å². The lowest BCUT2D eigenvalue weighted by molar-refractivity contribution is -0.119. The Kier molecular flexibility index (Phi) is 3.25. The van der Waals surface area contributed by atoms with Crippen LogP contribution in [0.3, 0.4) is 0 Å². The number of rotatable bonds is 0. The van der Waals surface area contributed by atoms with Gasteiger partial charge in [-0.05, 0) is 48.3 Å². The first-order valence-electron chi connectivity index (χ1n) is 9.13. The van der Waals surface area contributed by atoms with Gasteiger partial charge in [0.25, 0.3) is 0 Å². The lowest BCUT2D eigenvalue weighted by Crippen LogP contribution is -2.50. The van der Waals surface area contributed by atoms with Crippen molar-refractivity contribution in [1.82, 2.24) is 0 Å². The normalized spacial score (nSPS) is 50.1. The van der Waals surface area contributed by atoms with Crippen molar-refractivity contribution < 1.29 is 9.90 Å². The van der Waals surface area contributed by atoms with Crippen LogP contribution in [0.15, 0.2) is 23.3 Å². The summed E-state index contributed by atoms with van der Waals surface area (Å²) in [5.41, 5.74) is 7.93. The van der Waals surface area contributed by atoms with E-state index in [1.54, 1.807) is 0 Å². The Morgan fingerprint density at radius 2 is 2.00 bits per heavy atom. The molecule has 24 heavy (non-hydrogen) atoms. The minimum absolute atomic E-state index is 0.0597. The quantitative estimate of drug-likeness (QED) is 0.673. The number of carbonyl (C=O) groups is 1. The van der Waals surface area contributed by atoms with Crippen LogP contribution in [0, 0.1) is 35.0 Å². The smallest absolute Gasteiger partial charge is 0.150 e. The third-order valence-corrected chi connectivity index (χ3v) is 7.82. The summed E-state index contributed by atoms with van der Waals surface area (Å²) in [6, 6.07) is -0.319. The van der Waals surface area contributed by atoms with Gasteiger partial charge in [0.2, 0.25) is 0 Å². The van der Waals surface area contributed by atoms with E-state index in [2.05, 4.69) is 31.9 Å². The molecule has 0 radical (unpaired) electrons. The number of hydrogen-bond donors (Lipinski definition) is 2. The summed E-state index contributed by atoms with van der Waals surface area (Å²) in [4.78, 5) is 12.3. The Hall–Kier alpha value is -1.37. The van der Waals surface area contributed by atoms with Crippen LogP contribution in [-0.4, -0.2) is 22.5 Å². The van der Waals surface area contributed by atoms with Crippen LogP contribution in [0.4, 0.5) is 0 Å². The fourth-order valence-corrected chi connectivity index (χ4v) is 5.96. The number of nitrogens with two attached hydrogens (primary N) is 1. The van der Waals surface area contributed by atoms with Crippen molar-refractivity contribution in [2.45, 2.75) is 64.0 Å². The second-order valence-corrected chi connectivity index (χ2v) is 8.93. The molecule has 3 heteroatoms. The number of terminal acetylenes is 1. The number of ketones is 1. The van der Waals surface area contributed by atoms with E-state index in [0.29, 0.717) is 25.2 Å². The van der Waals surface area contributed by atoms with E-state index in [-0.39, 0.29) is 28.6 Å². The molecule has 0 aromatic rings. The Balaban J connectivity index is 1.75. The molecule has 0 aliphatic heterocycles. The van der Waals surface area contributed by atoms with Gasteiger partial charge in [-0.25, -0.2) is 0 Å². The average Bonchev–Trinajstić information content (AvgIpc) is 2.79. The molecule has 3 saturated carbocycles. The van der Waals surface area contributed by atoms with Gasteiger partial charge in [-0.2, -0.15) is 0 Å². The molecule has 4 aliphatic rings. The second kappa shape index (κ2) is 4.84. The van der Waals surface area contributed by atoms with Crippen molar-refractivity contribution in [3.8, 4) is 12.3 Å². The minimum atomic E-state index is -0.994. The molecule has 6 atom stereocenters. The van der Waals surface area contributed by atoms with Crippen molar-refractivity contribution in [3.63, 3.8) is 0 Å². The molecule has 3 fully saturated rings. The molecule has 4 rings (SSSR count). The van der Waals surface area contributed by atoms with Gasteiger partial charge in [-0.15, -0.1) is 6.42 Å². The van der Waals surface area contributed by atoms with Crippen molar-refractivity contribution in [3.05, 3.63) is 23.3 Å². The highest BCUT2D eigenvalue weighted by atomic mass is 16.3. The van der Waals surface area contributed by atoms with Crippen LogP contribution < -0.4 is 5.73 Å². The van der Waals surface area contributed by atoms with Crippen LogP contribution in [0.2, 0.25) is 0 Å². The molecule has 3 N–H and O–H groups in total. The first-order valence-corrected chi connectivity index (χ1v) is 9.13. The Bertz CT molecular complexity index is 714. The van der Waals surface area contributed by atoms with Gasteiger partial charge in [-0.1, -0.05) is 43.1 Å². The predicted molar refractivity (Wildman–Crippen MR) is 93.8 cm³/mol.